The molecule has 5 heterocycles. The summed E-state index contributed by atoms with van der Waals surface area (Å²) in [5.74, 6) is 0.101. The van der Waals surface area contributed by atoms with Gasteiger partial charge in [-0.15, -0.1) is 0 Å². The quantitative estimate of drug-likeness (QED) is 0.685. The number of likely N-dealkylation sites (tertiary alicyclic amines) is 2. The molecule has 0 amide bonds. The van der Waals surface area contributed by atoms with Crippen molar-refractivity contribution < 1.29 is 14.3 Å². The number of piperidine rings is 1. The van der Waals surface area contributed by atoms with Crippen LogP contribution in [0.4, 0.5) is 5.82 Å². The Labute approximate surface area is 195 Å². The van der Waals surface area contributed by atoms with Crippen LogP contribution in [0.3, 0.4) is 0 Å². The zero-order valence-electron chi connectivity index (χ0n) is 19.9. The van der Waals surface area contributed by atoms with E-state index >= 15 is 0 Å². The van der Waals surface area contributed by atoms with Crippen molar-refractivity contribution in [3.05, 3.63) is 24.2 Å². The Kier molecular flexibility index (Phi) is 6.05. The molecule has 2 N–H and O–H groups in total. The first-order chi connectivity index (χ1) is 15.9. The fourth-order valence-electron chi connectivity index (χ4n) is 5.79. The molecule has 180 valence electrons. The highest BCUT2D eigenvalue weighted by Crippen LogP contribution is 2.41. The van der Waals surface area contributed by atoms with Crippen LogP contribution in [0.5, 0.6) is 0 Å². The summed E-state index contributed by atoms with van der Waals surface area (Å²) in [5, 5.41) is 4.39. The predicted molar refractivity (Wildman–Crippen MR) is 125 cm³/mol. The van der Waals surface area contributed by atoms with Crippen molar-refractivity contribution in [2.45, 2.75) is 69.8 Å². The molecule has 0 aliphatic carbocycles. The lowest BCUT2D eigenvalue weighted by molar-refractivity contribution is -0.156. The van der Waals surface area contributed by atoms with Crippen LogP contribution < -0.4 is 5.73 Å². The molecule has 3 aliphatic heterocycles. The monoisotopic (exact) mass is 456 g/mol. The van der Waals surface area contributed by atoms with E-state index in [0.29, 0.717) is 12.2 Å². The van der Waals surface area contributed by atoms with Crippen LogP contribution in [0.1, 0.15) is 57.7 Å². The lowest BCUT2D eigenvalue weighted by Crippen LogP contribution is -2.54. The van der Waals surface area contributed by atoms with E-state index in [4.69, 9.17) is 15.2 Å². The van der Waals surface area contributed by atoms with Gasteiger partial charge in [-0.1, -0.05) is 13.8 Å². The zero-order valence-corrected chi connectivity index (χ0v) is 19.9. The molecule has 9 nitrogen and oxygen atoms in total. The Hall–Kier alpha value is -2.23. The molecule has 9 heteroatoms. The third-order valence-electron chi connectivity index (χ3n) is 7.84. The lowest BCUT2D eigenvalue weighted by atomic mass is 9.85. The van der Waals surface area contributed by atoms with Gasteiger partial charge in [-0.2, -0.15) is 5.10 Å². The van der Waals surface area contributed by atoms with Gasteiger partial charge in [-0.3, -0.25) is 9.69 Å². The number of hydrogen-bond acceptors (Lipinski definition) is 8. The number of anilines is 1. The van der Waals surface area contributed by atoms with Crippen molar-refractivity contribution >= 4 is 17.3 Å². The Morgan fingerprint density at radius 2 is 2.06 bits per heavy atom. The van der Waals surface area contributed by atoms with Gasteiger partial charge in [0.05, 0.1) is 11.6 Å². The summed E-state index contributed by atoms with van der Waals surface area (Å²) in [6.45, 7) is 7.88. The van der Waals surface area contributed by atoms with Gasteiger partial charge in [-0.25, -0.2) is 9.50 Å². The van der Waals surface area contributed by atoms with Gasteiger partial charge in [0, 0.05) is 18.5 Å². The van der Waals surface area contributed by atoms with Gasteiger partial charge < -0.3 is 20.1 Å². The van der Waals surface area contributed by atoms with Crippen molar-refractivity contribution in [2.75, 3.05) is 39.0 Å². The van der Waals surface area contributed by atoms with E-state index in [-0.39, 0.29) is 35.7 Å². The van der Waals surface area contributed by atoms with Gasteiger partial charge in [0.25, 0.3) is 0 Å². The minimum atomic E-state index is -0.279. The van der Waals surface area contributed by atoms with Crippen molar-refractivity contribution in [3.63, 3.8) is 0 Å². The maximum absolute atomic E-state index is 12.5. The van der Waals surface area contributed by atoms with Gasteiger partial charge in [0.2, 0.25) is 0 Å². The molecule has 0 radical (unpaired) electrons. The molecule has 1 spiro atoms. The second-order valence-corrected chi connectivity index (χ2v) is 10.3. The molecule has 3 fully saturated rings. The van der Waals surface area contributed by atoms with Crippen molar-refractivity contribution in [1.82, 2.24) is 24.4 Å². The third-order valence-corrected chi connectivity index (χ3v) is 7.84. The number of carbonyl (C=O) groups excluding carboxylic acids is 1. The summed E-state index contributed by atoms with van der Waals surface area (Å²) >= 11 is 0. The Balaban J connectivity index is 1.38. The summed E-state index contributed by atoms with van der Waals surface area (Å²) in [5.41, 5.74) is 7.96. The van der Waals surface area contributed by atoms with Crippen molar-refractivity contribution in [1.29, 1.82) is 0 Å². The molecule has 2 aromatic heterocycles. The average Bonchev–Trinajstić information content (AvgIpc) is 3.49. The van der Waals surface area contributed by atoms with E-state index in [1.165, 1.54) is 32.0 Å². The second kappa shape index (κ2) is 8.85. The van der Waals surface area contributed by atoms with Gasteiger partial charge >= 0.3 is 5.97 Å². The second-order valence-electron chi connectivity index (χ2n) is 10.3. The number of aromatic nitrogens is 3. The number of hydrogen-bond donors (Lipinski definition) is 1. The molecule has 2 aromatic rings. The summed E-state index contributed by atoms with van der Waals surface area (Å²) in [4.78, 5) is 21.7. The number of nitrogen functional groups attached to an aromatic ring is 1. The van der Waals surface area contributed by atoms with Crippen LogP contribution in [-0.2, 0) is 14.3 Å². The highest BCUT2D eigenvalue weighted by atomic mass is 16.6. The Bertz CT molecular complexity index is 999. The number of esters is 1. The van der Waals surface area contributed by atoms with Crippen LogP contribution in [-0.4, -0.2) is 81.3 Å². The zero-order chi connectivity index (χ0) is 23.2. The lowest BCUT2D eigenvalue weighted by Gasteiger charge is -2.45. The average molecular weight is 457 g/mol. The fraction of sp³-hybridized carbons (Fsp3) is 0.708. The number of nitrogens with zero attached hydrogens (tertiary/aromatic N) is 5. The van der Waals surface area contributed by atoms with E-state index in [9.17, 15) is 4.79 Å². The maximum Gasteiger partial charge on any atom is 0.308 e. The first-order valence-corrected chi connectivity index (χ1v) is 12.2. The van der Waals surface area contributed by atoms with Crippen molar-refractivity contribution in [2.24, 2.45) is 5.92 Å². The highest BCUT2D eigenvalue weighted by Gasteiger charge is 2.47. The van der Waals surface area contributed by atoms with Gasteiger partial charge in [0.15, 0.2) is 5.82 Å². The predicted octanol–water partition coefficient (Wildman–Crippen LogP) is 2.27. The first kappa shape index (κ1) is 22.6. The van der Waals surface area contributed by atoms with Crippen molar-refractivity contribution in [3.8, 4) is 0 Å². The van der Waals surface area contributed by atoms with E-state index < -0.39 is 0 Å². The molecule has 3 saturated heterocycles. The summed E-state index contributed by atoms with van der Waals surface area (Å²) in [7, 11) is 2.20. The first-order valence-electron chi connectivity index (χ1n) is 12.2. The molecule has 5 rings (SSSR count). The van der Waals surface area contributed by atoms with Crippen LogP contribution in [0.25, 0.3) is 5.52 Å². The summed E-state index contributed by atoms with van der Waals surface area (Å²) in [6, 6.07) is 3.91. The Morgan fingerprint density at radius 3 is 2.82 bits per heavy atom. The molecule has 3 atom stereocenters. The number of carbonyl (C=O) groups is 1. The normalized spacial score (nSPS) is 28.3. The van der Waals surface area contributed by atoms with Gasteiger partial charge in [0.1, 0.15) is 30.2 Å². The molecule has 0 aromatic carbocycles. The van der Waals surface area contributed by atoms with Crippen LogP contribution in [0.15, 0.2) is 18.5 Å². The standard InChI is InChI=1S/C24H36N6O3/c1-16(2)23(31)33-20-13-19(17-5-6-18-22(25)26-15-27-30(17)18)32-21(20)14-29-10-4-7-24(29)8-11-28(3)12-9-24/h5-6,15-16,19-21H,4,7-14H2,1-3H3,(H2,25,26,27)/t19?,20-,21?/m0/s1. The summed E-state index contributed by atoms with van der Waals surface area (Å²) in [6.07, 6.45) is 6.25. The van der Waals surface area contributed by atoms with E-state index in [1.54, 1.807) is 4.52 Å². The molecule has 33 heavy (non-hydrogen) atoms. The molecular weight excluding hydrogens is 420 g/mol. The maximum atomic E-state index is 12.5. The molecular formula is C24H36N6O3. The number of fused-ring (bicyclic) bond motifs is 1. The van der Waals surface area contributed by atoms with Gasteiger partial charge in [-0.05, 0) is 64.5 Å². The smallest absolute Gasteiger partial charge is 0.308 e. The van der Waals surface area contributed by atoms with E-state index in [2.05, 4.69) is 26.9 Å². The number of nitrogens with two attached hydrogens (primary N) is 1. The third kappa shape index (κ3) is 4.22. The van der Waals surface area contributed by atoms with E-state index in [0.717, 1.165) is 37.4 Å². The molecule has 2 unspecified atom stereocenters. The van der Waals surface area contributed by atoms with Crippen LogP contribution >= 0.6 is 0 Å². The molecule has 0 bridgehead atoms. The van der Waals surface area contributed by atoms with E-state index in [1.807, 2.05) is 26.0 Å². The minimum absolute atomic E-state index is 0.168. The van der Waals surface area contributed by atoms with Crippen LogP contribution in [0, 0.1) is 5.92 Å². The topological polar surface area (TPSA) is 98.2 Å². The van der Waals surface area contributed by atoms with Crippen LogP contribution in [0.2, 0.25) is 0 Å². The number of rotatable bonds is 5. The highest BCUT2D eigenvalue weighted by molar-refractivity contribution is 5.71. The molecule has 3 aliphatic rings. The SMILES string of the molecule is CC(C)C(=O)O[C@H]1CC(c2ccc3c(N)ncnn23)OC1CN1CCCC12CCN(C)CC2. The Morgan fingerprint density at radius 1 is 1.27 bits per heavy atom. The summed E-state index contributed by atoms with van der Waals surface area (Å²) < 4.78 is 14.4. The fourth-order valence-corrected chi connectivity index (χ4v) is 5.79. The minimum Gasteiger partial charge on any atom is -0.459 e. The number of ether oxygens (including phenoxy) is 2. The molecule has 0 saturated carbocycles. The largest absolute Gasteiger partial charge is 0.459 e.